The van der Waals surface area contributed by atoms with Gasteiger partial charge in [-0.15, -0.1) is 0 Å². The number of hydrogen-bond acceptors (Lipinski definition) is 4. The number of sulfonamides is 1. The smallest absolute Gasteiger partial charge is 0.215 e. The van der Waals surface area contributed by atoms with E-state index in [1.54, 1.807) is 14.0 Å². The molecule has 0 rings (SSSR count). The Morgan fingerprint density at radius 1 is 1.40 bits per heavy atom. The molecule has 15 heavy (non-hydrogen) atoms. The van der Waals surface area contributed by atoms with Crippen LogP contribution in [0.4, 0.5) is 0 Å². The number of nitrogens with one attached hydrogen (secondary N) is 2. The van der Waals surface area contributed by atoms with E-state index >= 15 is 0 Å². The van der Waals surface area contributed by atoms with E-state index in [4.69, 9.17) is 4.74 Å². The third-order valence-electron chi connectivity index (χ3n) is 1.99. The molecule has 0 aliphatic carbocycles. The molecule has 0 heterocycles. The lowest BCUT2D eigenvalue weighted by atomic mass is 10.5. The minimum absolute atomic E-state index is 0.408. The summed E-state index contributed by atoms with van der Waals surface area (Å²) in [5.74, 6) is 0. The Hall–Kier alpha value is -0.170. The minimum Gasteiger partial charge on any atom is -0.382 e. The second-order valence-electron chi connectivity index (χ2n) is 3.36. The van der Waals surface area contributed by atoms with Gasteiger partial charge in [0.25, 0.3) is 0 Å². The first-order valence-electron chi connectivity index (χ1n) is 5.25. The standard InChI is InChI=1S/C9H22N2O3S/c1-4-14-7-5-6-11-15(12,13)9(2)8-10-3/h9-11H,4-8H2,1-3H3. The highest BCUT2D eigenvalue weighted by atomic mass is 32.2. The highest BCUT2D eigenvalue weighted by Gasteiger charge is 2.18. The van der Waals surface area contributed by atoms with Crippen molar-refractivity contribution < 1.29 is 13.2 Å². The molecule has 0 radical (unpaired) electrons. The Kier molecular flexibility index (Phi) is 7.95. The van der Waals surface area contributed by atoms with Crippen LogP contribution in [-0.4, -0.2) is 47.0 Å². The van der Waals surface area contributed by atoms with E-state index in [2.05, 4.69) is 10.0 Å². The van der Waals surface area contributed by atoms with Gasteiger partial charge in [-0.2, -0.15) is 0 Å². The maximum absolute atomic E-state index is 11.6. The van der Waals surface area contributed by atoms with Gasteiger partial charge in [-0.3, -0.25) is 0 Å². The predicted octanol–water partition coefficient (Wildman–Crippen LogP) is -0.0597. The lowest BCUT2D eigenvalue weighted by Crippen LogP contribution is -2.38. The summed E-state index contributed by atoms with van der Waals surface area (Å²) in [5, 5.41) is 2.43. The van der Waals surface area contributed by atoms with Crippen LogP contribution < -0.4 is 10.0 Å². The van der Waals surface area contributed by atoms with Gasteiger partial charge in [-0.25, -0.2) is 13.1 Å². The van der Waals surface area contributed by atoms with Crippen molar-refractivity contribution in [1.82, 2.24) is 10.0 Å². The third-order valence-corrected chi connectivity index (χ3v) is 3.83. The first-order chi connectivity index (χ1) is 7.04. The predicted molar refractivity (Wildman–Crippen MR) is 61.4 cm³/mol. The van der Waals surface area contributed by atoms with Crippen molar-refractivity contribution in [2.45, 2.75) is 25.5 Å². The number of ether oxygens (including phenoxy) is 1. The summed E-state index contributed by atoms with van der Waals surface area (Å²) in [6.07, 6.45) is 0.708. The first-order valence-corrected chi connectivity index (χ1v) is 6.80. The van der Waals surface area contributed by atoms with Crippen molar-refractivity contribution in [3.8, 4) is 0 Å². The Bertz CT molecular complexity index is 242. The lowest BCUT2D eigenvalue weighted by molar-refractivity contribution is 0.146. The van der Waals surface area contributed by atoms with Gasteiger partial charge in [0.15, 0.2) is 0 Å². The molecule has 0 aromatic carbocycles. The van der Waals surface area contributed by atoms with Crippen molar-refractivity contribution in [2.75, 3.05) is 33.4 Å². The molecule has 0 saturated heterocycles. The molecule has 0 fully saturated rings. The van der Waals surface area contributed by atoms with Gasteiger partial charge in [-0.1, -0.05) is 0 Å². The van der Waals surface area contributed by atoms with Gasteiger partial charge < -0.3 is 10.1 Å². The van der Waals surface area contributed by atoms with E-state index in [1.165, 1.54) is 0 Å². The van der Waals surface area contributed by atoms with Crippen molar-refractivity contribution in [3.63, 3.8) is 0 Å². The van der Waals surface area contributed by atoms with Crippen LogP contribution in [0, 0.1) is 0 Å². The SMILES string of the molecule is CCOCCCNS(=O)(=O)C(C)CNC. The normalized spacial score (nSPS) is 14.1. The zero-order chi connectivity index (χ0) is 11.7. The van der Waals surface area contributed by atoms with Crippen molar-refractivity contribution in [1.29, 1.82) is 0 Å². The van der Waals surface area contributed by atoms with Crippen LogP contribution in [0.2, 0.25) is 0 Å². The molecule has 0 aromatic heterocycles. The van der Waals surface area contributed by atoms with E-state index in [-0.39, 0.29) is 0 Å². The first kappa shape index (κ1) is 14.8. The maximum atomic E-state index is 11.6. The van der Waals surface area contributed by atoms with Crippen LogP contribution >= 0.6 is 0 Å². The Balaban J connectivity index is 3.74. The minimum atomic E-state index is -3.18. The maximum Gasteiger partial charge on any atom is 0.215 e. The average molecular weight is 238 g/mol. The quantitative estimate of drug-likeness (QED) is 0.552. The van der Waals surface area contributed by atoms with Gasteiger partial charge in [0.05, 0.1) is 5.25 Å². The van der Waals surface area contributed by atoms with E-state index in [0.29, 0.717) is 32.7 Å². The fourth-order valence-electron chi connectivity index (χ4n) is 1.07. The molecule has 0 aromatic rings. The Labute approximate surface area is 92.6 Å². The molecule has 1 unspecified atom stereocenters. The van der Waals surface area contributed by atoms with Crippen molar-refractivity contribution in [3.05, 3.63) is 0 Å². The van der Waals surface area contributed by atoms with Crippen LogP contribution in [0.5, 0.6) is 0 Å². The zero-order valence-electron chi connectivity index (χ0n) is 9.75. The van der Waals surface area contributed by atoms with Gasteiger partial charge in [0, 0.05) is 26.3 Å². The van der Waals surface area contributed by atoms with Crippen molar-refractivity contribution in [2.24, 2.45) is 0 Å². The summed E-state index contributed by atoms with van der Waals surface area (Å²) in [4.78, 5) is 0. The van der Waals surface area contributed by atoms with Crippen LogP contribution in [0.1, 0.15) is 20.3 Å². The van der Waals surface area contributed by atoms with E-state index in [1.807, 2.05) is 6.92 Å². The van der Waals surface area contributed by atoms with E-state index in [9.17, 15) is 8.42 Å². The molecule has 0 saturated carbocycles. The highest BCUT2D eigenvalue weighted by molar-refractivity contribution is 7.90. The summed E-state index contributed by atoms with van der Waals surface area (Å²) in [7, 11) is -1.44. The molecule has 0 bridgehead atoms. The average Bonchev–Trinajstić information content (AvgIpc) is 2.18. The van der Waals surface area contributed by atoms with Gasteiger partial charge >= 0.3 is 0 Å². The summed E-state index contributed by atoms with van der Waals surface area (Å²) >= 11 is 0. The van der Waals surface area contributed by atoms with Crippen LogP contribution in [0.25, 0.3) is 0 Å². The highest BCUT2D eigenvalue weighted by Crippen LogP contribution is 1.96. The van der Waals surface area contributed by atoms with Gasteiger partial charge in [-0.05, 0) is 27.3 Å². The van der Waals surface area contributed by atoms with Crippen molar-refractivity contribution >= 4 is 10.0 Å². The largest absolute Gasteiger partial charge is 0.382 e. The summed E-state index contributed by atoms with van der Waals surface area (Å²) < 4.78 is 30.8. The summed E-state index contributed by atoms with van der Waals surface area (Å²) in [6.45, 7) is 5.76. The molecule has 0 aliphatic heterocycles. The number of rotatable bonds is 9. The molecule has 0 aliphatic rings. The molecule has 1 atom stereocenters. The zero-order valence-corrected chi connectivity index (χ0v) is 10.6. The topological polar surface area (TPSA) is 67.4 Å². The van der Waals surface area contributed by atoms with Gasteiger partial charge in [0.1, 0.15) is 0 Å². The molecular weight excluding hydrogens is 216 g/mol. The number of hydrogen-bond donors (Lipinski definition) is 2. The molecule has 2 N–H and O–H groups in total. The fraction of sp³-hybridized carbons (Fsp3) is 1.00. The fourth-order valence-corrected chi connectivity index (χ4v) is 2.17. The Morgan fingerprint density at radius 3 is 2.60 bits per heavy atom. The molecule has 0 amide bonds. The van der Waals surface area contributed by atoms with Crippen LogP contribution in [0.3, 0.4) is 0 Å². The Morgan fingerprint density at radius 2 is 2.07 bits per heavy atom. The molecular formula is C9H22N2O3S. The monoisotopic (exact) mass is 238 g/mol. The van der Waals surface area contributed by atoms with E-state index in [0.717, 1.165) is 0 Å². The van der Waals surface area contributed by atoms with Crippen LogP contribution in [0.15, 0.2) is 0 Å². The third kappa shape index (κ3) is 6.83. The summed E-state index contributed by atoms with van der Waals surface area (Å²) in [5.41, 5.74) is 0. The van der Waals surface area contributed by atoms with Gasteiger partial charge in [0.2, 0.25) is 10.0 Å². The molecule has 6 heteroatoms. The molecule has 92 valence electrons. The van der Waals surface area contributed by atoms with Crippen LogP contribution in [-0.2, 0) is 14.8 Å². The summed E-state index contributed by atoms with van der Waals surface area (Å²) in [6, 6.07) is 0. The molecule has 0 spiro atoms. The second kappa shape index (κ2) is 8.04. The lowest BCUT2D eigenvalue weighted by Gasteiger charge is -2.13. The molecule has 5 nitrogen and oxygen atoms in total. The second-order valence-corrected chi connectivity index (χ2v) is 5.54. The van der Waals surface area contributed by atoms with E-state index < -0.39 is 15.3 Å².